The van der Waals surface area contributed by atoms with Crippen LogP contribution in [0.15, 0.2) is 23.3 Å². The standard InChI is InChI=1S/C25H38N2O2/c1-18-7-6-10-25(2)16-23-20(15-22(18)25)21(24(28)29-23)17-26-13-8-19(9-14-26)27-11-4-3-5-12-27/h7,15,19-21,23H,3-6,8-14,16-17H2,1-2H3/t20-,21-,23-,25-/m1/s1. The first-order chi connectivity index (χ1) is 14.0. The van der Waals surface area contributed by atoms with Crippen molar-refractivity contribution in [3.8, 4) is 0 Å². The number of carbonyl (C=O) groups excluding carboxylic acids is 1. The maximum absolute atomic E-state index is 12.8. The van der Waals surface area contributed by atoms with Crippen LogP contribution in [0, 0.1) is 17.3 Å². The Morgan fingerprint density at radius 2 is 1.90 bits per heavy atom. The van der Waals surface area contributed by atoms with Crippen LogP contribution in [0.5, 0.6) is 0 Å². The van der Waals surface area contributed by atoms with E-state index in [1.807, 2.05) is 0 Å². The van der Waals surface area contributed by atoms with Crippen molar-refractivity contribution in [3.63, 3.8) is 0 Å². The summed E-state index contributed by atoms with van der Waals surface area (Å²) in [6, 6.07) is 0.766. The van der Waals surface area contributed by atoms with Gasteiger partial charge in [0.15, 0.2) is 0 Å². The molecule has 160 valence electrons. The van der Waals surface area contributed by atoms with Gasteiger partial charge in [0.1, 0.15) is 6.10 Å². The van der Waals surface area contributed by atoms with E-state index in [2.05, 4.69) is 35.8 Å². The fourth-order valence-electron chi connectivity index (χ4n) is 6.87. The van der Waals surface area contributed by atoms with Crippen LogP contribution < -0.4 is 0 Å². The average molecular weight is 399 g/mol. The number of carbonyl (C=O) groups is 1. The lowest BCUT2D eigenvalue weighted by Gasteiger charge is -2.43. The Kier molecular flexibility index (Phi) is 5.36. The number of likely N-dealkylation sites (tertiary alicyclic amines) is 2. The first kappa shape index (κ1) is 19.8. The highest BCUT2D eigenvalue weighted by molar-refractivity contribution is 5.76. The van der Waals surface area contributed by atoms with Crippen LogP contribution in [-0.2, 0) is 9.53 Å². The van der Waals surface area contributed by atoms with Crippen LogP contribution in [0.4, 0.5) is 0 Å². The molecule has 0 aromatic heterocycles. The second-order valence-electron chi connectivity index (χ2n) is 10.6. The molecule has 4 heteroatoms. The van der Waals surface area contributed by atoms with Gasteiger partial charge in [0.2, 0.25) is 0 Å². The Labute approximate surface area is 176 Å². The molecule has 3 saturated heterocycles. The lowest BCUT2D eigenvalue weighted by atomic mass is 9.62. The van der Waals surface area contributed by atoms with Gasteiger partial charge in [0.05, 0.1) is 5.92 Å². The van der Waals surface area contributed by atoms with Gasteiger partial charge >= 0.3 is 5.97 Å². The molecular formula is C25H38N2O2. The fraction of sp³-hybridized carbons (Fsp3) is 0.800. The zero-order valence-corrected chi connectivity index (χ0v) is 18.4. The van der Waals surface area contributed by atoms with Crippen LogP contribution in [0.3, 0.4) is 0 Å². The SMILES string of the molecule is CC1=CCC[C@]2(C)C[C@H]3OC(=O)[C@H](CN4CCC(N5CCCCC5)CC4)[C@H]3C=C12. The van der Waals surface area contributed by atoms with Gasteiger partial charge in [-0.05, 0) is 89.0 Å². The number of hydrogen-bond donors (Lipinski definition) is 0. The van der Waals surface area contributed by atoms with Crippen molar-refractivity contribution in [3.05, 3.63) is 23.3 Å². The van der Waals surface area contributed by atoms with E-state index in [9.17, 15) is 4.79 Å². The molecule has 5 aliphatic rings. The molecule has 0 unspecified atom stereocenters. The van der Waals surface area contributed by atoms with Crippen molar-refractivity contribution in [1.82, 2.24) is 9.80 Å². The molecule has 2 aliphatic carbocycles. The van der Waals surface area contributed by atoms with Crippen LogP contribution in [0.25, 0.3) is 0 Å². The molecule has 5 rings (SSSR count). The van der Waals surface area contributed by atoms with E-state index < -0.39 is 0 Å². The molecule has 0 radical (unpaired) electrons. The molecule has 3 aliphatic heterocycles. The molecule has 0 amide bonds. The monoisotopic (exact) mass is 398 g/mol. The summed E-state index contributed by atoms with van der Waals surface area (Å²) in [5.41, 5.74) is 3.12. The lowest BCUT2D eigenvalue weighted by Crippen LogP contribution is -2.48. The highest BCUT2D eigenvalue weighted by Crippen LogP contribution is 2.52. The van der Waals surface area contributed by atoms with E-state index >= 15 is 0 Å². The van der Waals surface area contributed by atoms with Crippen LogP contribution in [0.1, 0.15) is 65.2 Å². The summed E-state index contributed by atoms with van der Waals surface area (Å²) in [6.45, 7) is 10.4. The van der Waals surface area contributed by atoms with Crippen LogP contribution >= 0.6 is 0 Å². The number of nitrogens with zero attached hydrogens (tertiary/aromatic N) is 2. The van der Waals surface area contributed by atoms with Crippen molar-refractivity contribution in [2.45, 2.75) is 77.4 Å². The third kappa shape index (κ3) is 3.72. The number of hydrogen-bond acceptors (Lipinski definition) is 4. The van der Waals surface area contributed by atoms with E-state index in [0.717, 1.165) is 38.5 Å². The molecule has 3 fully saturated rings. The average Bonchev–Trinajstić information content (AvgIpc) is 3.01. The molecule has 3 heterocycles. The van der Waals surface area contributed by atoms with Crippen LogP contribution in [0.2, 0.25) is 0 Å². The van der Waals surface area contributed by atoms with Gasteiger partial charge in [-0.25, -0.2) is 0 Å². The number of rotatable bonds is 3. The number of piperidine rings is 2. The molecular weight excluding hydrogens is 360 g/mol. The quantitative estimate of drug-likeness (QED) is 0.668. The fourth-order valence-corrected chi connectivity index (χ4v) is 6.87. The number of esters is 1. The Bertz CT molecular complexity index is 700. The smallest absolute Gasteiger partial charge is 0.311 e. The predicted octanol–water partition coefficient (Wildman–Crippen LogP) is 4.17. The van der Waals surface area contributed by atoms with Crippen molar-refractivity contribution in [2.24, 2.45) is 17.3 Å². The zero-order chi connectivity index (χ0) is 20.0. The van der Waals surface area contributed by atoms with Gasteiger partial charge in [0, 0.05) is 18.5 Å². The summed E-state index contributed by atoms with van der Waals surface area (Å²) >= 11 is 0. The van der Waals surface area contributed by atoms with Crippen molar-refractivity contribution in [1.29, 1.82) is 0 Å². The maximum Gasteiger partial charge on any atom is 0.311 e. The molecule has 0 spiro atoms. The van der Waals surface area contributed by atoms with Crippen molar-refractivity contribution in [2.75, 3.05) is 32.7 Å². The summed E-state index contributed by atoms with van der Waals surface area (Å²) in [5, 5.41) is 0. The van der Waals surface area contributed by atoms with Gasteiger partial charge in [-0.1, -0.05) is 31.1 Å². The minimum absolute atomic E-state index is 0.0262. The van der Waals surface area contributed by atoms with Gasteiger partial charge in [-0.15, -0.1) is 0 Å². The Morgan fingerprint density at radius 3 is 2.66 bits per heavy atom. The summed E-state index contributed by atoms with van der Waals surface area (Å²) in [4.78, 5) is 18.1. The molecule has 0 aromatic carbocycles. The van der Waals surface area contributed by atoms with Crippen LogP contribution in [-0.4, -0.2) is 60.6 Å². The minimum atomic E-state index is 0.0262. The molecule has 0 N–H and O–H groups in total. The third-order valence-electron chi connectivity index (χ3n) is 8.62. The number of fused-ring (bicyclic) bond motifs is 2. The highest BCUT2D eigenvalue weighted by atomic mass is 16.6. The maximum atomic E-state index is 12.8. The normalized spacial score (nSPS) is 39.4. The van der Waals surface area contributed by atoms with E-state index in [0.29, 0.717) is 0 Å². The second kappa shape index (κ2) is 7.85. The third-order valence-corrected chi connectivity index (χ3v) is 8.62. The summed E-state index contributed by atoms with van der Waals surface area (Å²) in [7, 11) is 0. The van der Waals surface area contributed by atoms with Gasteiger partial charge in [-0.3, -0.25) is 4.79 Å². The molecule has 0 saturated carbocycles. The van der Waals surface area contributed by atoms with Gasteiger partial charge in [-0.2, -0.15) is 0 Å². The van der Waals surface area contributed by atoms with Gasteiger partial charge < -0.3 is 14.5 Å². The number of ether oxygens (including phenoxy) is 1. The van der Waals surface area contributed by atoms with Crippen molar-refractivity contribution >= 4 is 5.97 Å². The van der Waals surface area contributed by atoms with Gasteiger partial charge in [0.25, 0.3) is 0 Å². The summed E-state index contributed by atoms with van der Waals surface area (Å²) < 4.78 is 5.95. The Balaban J connectivity index is 1.24. The molecule has 0 bridgehead atoms. The van der Waals surface area contributed by atoms with E-state index in [-0.39, 0.29) is 29.3 Å². The minimum Gasteiger partial charge on any atom is -0.461 e. The second-order valence-corrected chi connectivity index (χ2v) is 10.6. The molecule has 4 nitrogen and oxygen atoms in total. The highest BCUT2D eigenvalue weighted by Gasteiger charge is 2.51. The summed E-state index contributed by atoms with van der Waals surface area (Å²) in [6.07, 6.45) is 14.9. The topological polar surface area (TPSA) is 32.8 Å². The largest absolute Gasteiger partial charge is 0.461 e. The summed E-state index contributed by atoms with van der Waals surface area (Å²) in [5.74, 6) is 0.351. The van der Waals surface area contributed by atoms with Crippen molar-refractivity contribution < 1.29 is 9.53 Å². The van der Waals surface area contributed by atoms with E-state index in [4.69, 9.17) is 4.74 Å². The Morgan fingerprint density at radius 1 is 1.14 bits per heavy atom. The zero-order valence-electron chi connectivity index (χ0n) is 18.4. The first-order valence-electron chi connectivity index (χ1n) is 12.1. The first-order valence-corrected chi connectivity index (χ1v) is 12.1. The predicted molar refractivity (Wildman–Crippen MR) is 116 cm³/mol. The van der Waals surface area contributed by atoms with E-state index in [1.165, 1.54) is 62.8 Å². The number of allylic oxidation sites excluding steroid dienone is 3. The molecule has 29 heavy (non-hydrogen) atoms. The van der Waals surface area contributed by atoms with E-state index in [1.54, 1.807) is 0 Å². The lowest BCUT2D eigenvalue weighted by molar-refractivity contribution is -0.145. The Hall–Kier alpha value is -1.13. The molecule has 0 aromatic rings. The molecule has 4 atom stereocenters.